The third-order valence-electron chi connectivity index (χ3n) is 2.79. The Morgan fingerprint density at radius 3 is 2.18 bits per heavy atom. The minimum absolute atomic E-state index is 0.119. The number of carbonyl (C=O) groups excluding carboxylic acids is 1. The molecule has 2 rings (SSSR count). The number of nitrogens with one attached hydrogen (secondary N) is 1. The summed E-state index contributed by atoms with van der Waals surface area (Å²) in [6.07, 6.45) is 0.946. The maximum absolute atomic E-state index is 12.8. The van der Waals surface area contributed by atoms with E-state index in [0.717, 1.165) is 12.2 Å². The van der Waals surface area contributed by atoms with Crippen LogP contribution in [-0.4, -0.2) is 19.1 Å². The van der Waals surface area contributed by atoms with Crippen LogP contribution >= 0.6 is 0 Å². The van der Waals surface area contributed by atoms with Gasteiger partial charge >= 0.3 is 0 Å². The molecular weight excluding hydrogens is 285 g/mol. The van der Waals surface area contributed by atoms with Gasteiger partial charge in [-0.2, -0.15) is 0 Å². The third kappa shape index (κ3) is 5.09. The lowest BCUT2D eigenvalue weighted by Crippen LogP contribution is -2.20. The van der Waals surface area contributed by atoms with Crippen molar-refractivity contribution in [2.24, 2.45) is 0 Å². The zero-order chi connectivity index (χ0) is 15.8. The van der Waals surface area contributed by atoms with E-state index in [9.17, 15) is 9.18 Å². The van der Waals surface area contributed by atoms with Gasteiger partial charge in [-0.25, -0.2) is 4.39 Å². The topological polar surface area (TPSA) is 47.6 Å². The van der Waals surface area contributed by atoms with Gasteiger partial charge in [0.2, 0.25) is 0 Å². The molecular formula is C17H18FNO3. The summed E-state index contributed by atoms with van der Waals surface area (Å²) in [6, 6.07) is 12.6. The lowest BCUT2D eigenvalue weighted by Gasteiger charge is -2.09. The molecule has 2 aromatic rings. The van der Waals surface area contributed by atoms with Gasteiger partial charge in [0.25, 0.3) is 5.91 Å². The molecule has 0 aliphatic carbocycles. The Hall–Kier alpha value is -2.56. The average molecular weight is 303 g/mol. The van der Waals surface area contributed by atoms with Gasteiger partial charge in [-0.1, -0.05) is 6.92 Å². The first-order valence-electron chi connectivity index (χ1n) is 7.08. The molecule has 0 bridgehead atoms. The number of benzene rings is 2. The van der Waals surface area contributed by atoms with Crippen molar-refractivity contribution in [2.45, 2.75) is 13.3 Å². The molecule has 22 heavy (non-hydrogen) atoms. The quantitative estimate of drug-likeness (QED) is 0.849. The average Bonchev–Trinajstić information content (AvgIpc) is 2.54. The minimum Gasteiger partial charge on any atom is -0.494 e. The van der Waals surface area contributed by atoms with Gasteiger partial charge in [-0.05, 0) is 55.0 Å². The number of amides is 1. The van der Waals surface area contributed by atoms with Crippen LogP contribution in [0, 0.1) is 5.82 Å². The number of carbonyl (C=O) groups is 1. The first kappa shape index (κ1) is 15.8. The van der Waals surface area contributed by atoms with E-state index in [1.54, 1.807) is 24.3 Å². The molecule has 0 aliphatic rings. The van der Waals surface area contributed by atoms with Gasteiger partial charge in [0.15, 0.2) is 6.61 Å². The van der Waals surface area contributed by atoms with E-state index in [0.29, 0.717) is 18.0 Å². The second kappa shape index (κ2) is 8.02. The van der Waals surface area contributed by atoms with E-state index in [1.807, 2.05) is 6.92 Å². The third-order valence-corrected chi connectivity index (χ3v) is 2.79. The number of hydrogen-bond acceptors (Lipinski definition) is 3. The minimum atomic E-state index is -0.348. The van der Waals surface area contributed by atoms with Crippen LogP contribution in [0.2, 0.25) is 0 Å². The molecule has 0 fully saturated rings. The highest BCUT2D eigenvalue weighted by Crippen LogP contribution is 2.17. The van der Waals surface area contributed by atoms with E-state index >= 15 is 0 Å². The number of hydrogen-bond donors (Lipinski definition) is 1. The van der Waals surface area contributed by atoms with Crippen LogP contribution in [0.4, 0.5) is 10.1 Å². The van der Waals surface area contributed by atoms with Crippen molar-refractivity contribution >= 4 is 11.6 Å². The molecule has 116 valence electrons. The zero-order valence-corrected chi connectivity index (χ0v) is 12.3. The first-order valence-corrected chi connectivity index (χ1v) is 7.08. The monoisotopic (exact) mass is 303 g/mol. The molecule has 2 aromatic carbocycles. The van der Waals surface area contributed by atoms with Crippen LogP contribution < -0.4 is 14.8 Å². The van der Waals surface area contributed by atoms with E-state index < -0.39 is 0 Å². The van der Waals surface area contributed by atoms with E-state index in [1.165, 1.54) is 24.3 Å². The van der Waals surface area contributed by atoms with Crippen molar-refractivity contribution in [3.05, 3.63) is 54.3 Å². The smallest absolute Gasteiger partial charge is 0.262 e. The summed E-state index contributed by atoms with van der Waals surface area (Å²) in [5.41, 5.74) is 0.526. The molecule has 0 atom stereocenters. The largest absolute Gasteiger partial charge is 0.494 e. The summed E-state index contributed by atoms with van der Waals surface area (Å²) in [7, 11) is 0. The van der Waals surface area contributed by atoms with Gasteiger partial charge in [-0.3, -0.25) is 4.79 Å². The SMILES string of the molecule is CCCOc1ccc(OCC(=O)Nc2ccc(F)cc2)cc1. The molecule has 0 aromatic heterocycles. The van der Waals surface area contributed by atoms with Crippen LogP contribution in [0.25, 0.3) is 0 Å². The maximum atomic E-state index is 12.8. The Kier molecular flexibility index (Phi) is 5.77. The predicted molar refractivity (Wildman–Crippen MR) is 82.8 cm³/mol. The normalized spacial score (nSPS) is 10.1. The van der Waals surface area contributed by atoms with Crippen molar-refractivity contribution in [2.75, 3.05) is 18.5 Å². The van der Waals surface area contributed by atoms with Crippen molar-refractivity contribution in [1.29, 1.82) is 0 Å². The molecule has 0 heterocycles. The Morgan fingerprint density at radius 1 is 1.00 bits per heavy atom. The fourth-order valence-corrected chi connectivity index (χ4v) is 1.73. The Bertz CT molecular complexity index is 596. The van der Waals surface area contributed by atoms with Crippen molar-refractivity contribution < 1.29 is 18.7 Å². The first-order chi connectivity index (χ1) is 10.7. The lowest BCUT2D eigenvalue weighted by atomic mass is 10.3. The summed E-state index contributed by atoms with van der Waals surface area (Å²) >= 11 is 0. The molecule has 4 nitrogen and oxygen atoms in total. The fourth-order valence-electron chi connectivity index (χ4n) is 1.73. The molecule has 0 radical (unpaired) electrons. The van der Waals surface area contributed by atoms with Gasteiger partial charge in [0.05, 0.1) is 6.61 Å². The molecule has 5 heteroatoms. The van der Waals surface area contributed by atoms with Gasteiger partial charge in [-0.15, -0.1) is 0 Å². The summed E-state index contributed by atoms with van der Waals surface area (Å²) in [4.78, 5) is 11.7. The number of halogens is 1. The highest BCUT2D eigenvalue weighted by molar-refractivity contribution is 5.91. The van der Waals surface area contributed by atoms with Crippen LogP contribution in [-0.2, 0) is 4.79 Å². The maximum Gasteiger partial charge on any atom is 0.262 e. The molecule has 1 N–H and O–H groups in total. The Labute approximate surface area is 128 Å². The van der Waals surface area contributed by atoms with E-state index in [2.05, 4.69) is 5.32 Å². The van der Waals surface area contributed by atoms with E-state index in [4.69, 9.17) is 9.47 Å². The van der Waals surface area contributed by atoms with Crippen LogP contribution in [0.15, 0.2) is 48.5 Å². The summed E-state index contributed by atoms with van der Waals surface area (Å²) in [5.74, 6) is 0.695. The number of ether oxygens (including phenoxy) is 2. The zero-order valence-electron chi connectivity index (χ0n) is 12.3. The molecule has 0 spiro atoms. The Morgan fingerprint density at radius 2 is 1.59 bits per heavy atom. The standard InChI is InChI=1S/C17H18FNO3/c1-2-11-21-15-7-9-16(10-8-15)22-12-17(20)19-14-5-3-13(18)4-6-14/h3-10H,2,11-12H2,1H3,(H,19,20). The number of anilines is 1. The fraction of sp³-hybridized carbons (Fsp3) is 0.235. The molecule has 0 aliphatic heterocycles. The van der Waals surface area contributed by atoms with Crippen molar-refractivity contribution in [3.63, 3.8) is 0 Å². The summed E-state index contributed by atoms with van der Waals surface area (Å²) < 4.78 is 23.6. The molecule has 0 saturated heterocycles. The highest BCUT2D eigenvalue weighted by Gasteiger charge is 2.04. The van der Waals surface area contributed by atoms with E-state index in [-0.39, 0.29) is 18.3 Å². The second-order valence-corrected chi connectivity index (χ2v) is 4.66. The van der Waals surface area contributed by atoms with Crippen LogP contribution in [0.5, 0.6) is 11.5 Å². The number of rotatable bonds is 7. The lowest BCUT2D eigenvalue weighted by molar-refractivity contribution is -0.118. The molecule has 0 unspecified atom stereocenters. The van der Waals surface area contributed by atoms with Gasteiger partial charge in [0, 0.05) is 5.69 Å². The second-order valence-electron chi connectivity index (χ2n) is 4.66. The predicted octanol–water partition coefficient (Wildman–Crippen LogP) is 3.63. The summed E-state index contributed by atoms with van der Waals surface area (Å²) in [5, 5.41) is 2.62. The van der Waals surface area contributed by atoms with Gasteiger partial charge in [0.1, 0.15) is 17.3 Å². The van der Waals surface area contributed by atoms with Crippen molar-refractivity contribution in [1.82, 2.24) is 0 Å². The summed E-state index contributed by atoms with van der Waals surface area (Å²) in [6.45, 7) is 2.59. The molecule has 1 amide bonds. The van der Waals surface area contributed by atoms with Crippen molar-refractivity contribution in [3.8, 4) is 11.5 Å². The highest BCUT2D eigenvalue weighted by atomic mass is 19.1. The van der Waals surface area contributed by atoms with Crippen LogP contribution in [0.3, 0.4) is 0 Å². The van der Waals surface area contributed by atoms with Crippen LogP contribution in [0.1, 0.15) is 13.3 Å². The molecule has 0 saturated carbocycles. The Balaban J connectivity index is 1.79. The van der Waals surface area contributed by atoms with Gasteiger partial charge < -0.3 is 14.8 Å².